The minimum absolute atomic E-state index is 0.00850. The van der Waals surface area contributed by atoms with Crippen LogP contribution in [0.1, 0.15) is 30.9 Å². The van der Waals surface area contributed by atoms with Crippen LogP contribution in [0.25, 0.3) is 21.7 Å². The highest BCUT2D eigenvalue weighted by Gasteiger charge is 2.32. The first kappa shape index (κ1) is 14.9. The first-order valence-corrected chi connectivity index (χ1v) is 8.08. The quantitative estimate of drug-likeness (QED) is 0.676. The number of anilines is 1. The SMILES string of the molecule is CN(C)c1ccc2c(ccc3onc([C@@H]4CCC(=O)CC4=O)c32)c1. The average Bonchev–Trinajstić information content (AvgIpc) is 2.98. The summed E-state index contributed by atoms with van der Waals surface area (Å²) < 4.78 is 5.47. The zero-order valence-corrected chi connectivity index (χ0v) is 13.7. The van der Waals surface area contributed by atoms with Gasteiger partial charge >= 0.3 is 0 Å². The second-order valence-electron chi connectivity index (χ2n) is 6.58. The Bertz CT molecular complexity index is 971. The molecule has 0 amide bonds. The second kappa shape index (κ2) is 5.44. The zero-order chi connectivity index (χ0) is 16.8. The number of nitrogens with zero attached hydrogens (tertiary/aromatic N) is 2. The van der Waals surface area contributed by atoms with Gasteiger partial charge in [0.25, 0.3) is 0 Å². The lowest BCUT2D eigenvalue weighted by molar-refractivity contribution is -0.130. The molecular formula is C19H18N2O3. The zero-order valence-electron chi connectivity index (χ0n) is 13.7. The van der Waals surface area contributed by atoms with Gasteiger partial charge in [-0.25, -0.2) is 0 Å². The fourth-order valence-corrected chi connectivity index (χ4v) is 3.46. The molecule has 0 bridgehead atoms. The predicted molar refractivity (Wildman–Crippen MR) is 92.4 cm³/mol. The molecule has 1 fully saturated rings. The van der Waals surface area contributed by atoms with Crippen molar-refractivity contribution < 1.29 is 14.1 Å². The maximum absolute atomic E-state index is 12.3. The van der Waals surface area contributed by atoms with E-state index >= 15 is 0 Å². The minimum Gasteiger partial charge on any atom is -0.378 e. The smallest absolute Gasteiger partial charge is 0.167 e. The highest BCUT2D eigenvalue weighted by molar-refractivity contribution is 6.11. The molecule has 1 saturated carbocycles. The summed E-state index contributed by atoms with van der Waals surface area (Å²) in [6, 6.07) is 10.1. The number of fused-ring (bicyclic) bond motifs is 3. The summed E-state index contributed by atoms with van der Waals surface area (Å²) in [5.74, 6) is -0.379. The number of ketones is 2. The molecule has 0 N–H and O–H groups in total. The molecule has 0 radical (unpaired) electrons. The fourth-order valence-electron chi connectivity index (χ4n) is 3.46. The molecule has 5 heteroatoms. The Morgan fingerprint density at radius 1 is 1.17 bits per heavy atom. The van der Waals surface area contributed by atoms with Crippen molar-refractivity contribution in [1.82, 2.24) is 5.16 Å². The van der Waals surface area contributed by atoms with Crippen LogP contribution in [-0.2, 0) is 9.59 Å². The topological polar surface area (TPSA) is 63.4 Å². The van der Waals surface area contributed by atoms with Gasteiger partial charge in [0.05, 0.1) is 17.7 Å². The van der Waals surface area contributed by atoms with Crippen LogP contribution in [0.2, 0.25) is 0 Å². The number of carbonyl (C=O) groups is 2. The molecule has 1 atom stereocenters. The fraction of sp³-hybridized carbons (Fsp3) is 0.316. The van der Waals surface area contributed by atoms with Crippen molar-refractivity contribution in [2.24, 2.45) is 0 Å². The number of Topliss-reactive ketones (excluding diaryl/α,β-unsaturated/α-hetero) is 2. The molecule has 122 valence electrons. The molecule has 2 aromatic carbocycles. The summed E-state index contributed by atoms with van der Waals surface area (Å²) >= 11 is 0. The molecule has 1 aliphatic rings. The summed E-state index contributed by atoms with van der Waals surface area (Å²) in [5, 5.41) is 7.19. The van der Waals surface area contributed by atoms with Gasteiger partial charge in [0.2, 0.25) is 0 Å². The van der Waals surface area contributed by atoms with E-state index in [4.69, 9.17) is 4.52 Å². The Labute approximate surface area is 139 Å². The van der Waals surface area contributed by atoms with E-state index < -0.39 is 0 Å². The van der Waals surface area contributed by atoms with Crippen LogP contribution in [0, 0.1) is 0 Å². The second-order valence-corrected chi connectivity index (χ2v) is 6.58. The van der Waals surface area contributed by atoms with E-state index in [2.05, 4.69) is 16.1 Å². The monoisotopic (exact) mass is 322 g/mol. The number of aromatic nitrogens is 1. The molecule has 1 aromatic heterocycles. The van der Waals surface area contributed by atoms with Crippen molar-refractivity contribution in [3.8, 4) is 0 Å². The van der Waals surface area contributed by atoms with Gasteiger partial charge in [0, 0.05) is 26.2 Å². The maximum atomic E-state index is 12.3. The standard InChI is InChI=1S/C19H18N2O3/c1-21(2)12-4-6-14-11(9-12)3-8-17-18(14)19(20-24-17)15-7-5-13(22)10-16(15)23/h3-4,6,8-9,15H,5,7,10H2,1-2H3/t15-/m1/s1. The van der Waals surface area contributed by atoms with Crippen molar-refractivity contribution in [2.45, 2.75) is 25.2 Å². The molecule has 0 unspecified atom stereocenters. The Hall–Kier alpha value is -2.69. The Morgan fingerprint density at radius 3 is 2.75 bits per heavy atom. The van der Waals surface area contributed by atoms with Crippen molar-refractivity contribution in [2.75, 3.05) is 19.0 Å². The highest BCUT2D eigenvalue weighted by Crippen LogP contribution is 2.37. The van der Waals surface area contributed by atoms with Gasteiger partial charge in [-0.1, -0.05) is 17.3 Å². The molecule has 1 heterocycles. The Morgan fingerprint density at radius 2 is 2.00 bits per heavy atom. The van der Waals surface area contributed by atoms with Crippen LogP contribution >= 0.6 is 0 Å². The van der Waals surface area contributed by atoms with E-state index in [9.17, 15) is 9.59 Å². The van der Waals surface area contributed by atoms with Gasteiger partial charge < -0.3 is 9.42 Å². The van der Waals surface area contributed by atoms with Gasteiger partial charge in [-0.15, -0.1) is 0 Å². The average molecular weight is 322 g/mol. The van der Waals surface area contributed by atoms with Gasteiger partial charge in [-0.3, -0.25) is 9.59 Å². The lowest BCUT2D eigenvalue weighted by Gasteiger charge is -2.18. The molecule has 3 aromatic rings. The molecular weight excluding hydrogens is 304 g/mol. The van der Waals surface area contributed by atoms with Gasteiger partial charge in [-0.05, 0) is 35.4 Å². The predicted octanol–water partition coefficient (Wildman–Crippen LogP) is 3.45. The molecule has 0 saturated heterocycles. The summed E-state index contributed by atoms with van der Waals surface area (Å²) in [6.45, 7) is 0. The number of benzene rings is 2. The molecule has 24 heavy (non-hydrogen) atoms. The van der Waals surface area contributed by atoms with E-state index in [-0.39, 0.29) is 23.9 Å². The van der Waals surface area contributed by atoms with E-state index in [0.717, 1.165) is 21.8 Å². The molecule has 0 spiro atoms. The summed E-state index contributed by atoms with van der Waals surface area (Å²) in [4.78, 5) is 25.9. The molecule has 0 aliphatic heterocycles. The number of hydrogen-bond acceptors (Lipinski definition) is 5. The van der Waals surface area contributed by atoms with E-state index in [1.54, 1.807) is 0 Å². The van der Waals surface area contributed by atoms with Crippen LogP contribution in [0.5, 0.6) is 0 Å². The van der Waals surface area contributed by atoms with Gasteiger partial charge in [-0.2, -0.15) is 0 Å². The van der Waals surface area contributed by atoms with Crippen LogP contribution in [0.15, 0.2) is 34.9 Å². The summed E-state index contributed by atoms with van der Waals surface area (Å²) in [5.41, 5.74) is 2.46. The number of hydrogen-bond donors (Lipinski definition) is 0. The third kappa shape index (κ3) is 2.28. The summed E-state index contributed by atoms with van der Waals surface area (Å²) in [7, 11) is 4.00. The van der Waals surface area contributed by atoms with Crippen molar-refractivity contribution >= 4 is 39.0 Å². The molecule has 4 rings (SSSR count). The lowest BCUT2D eigenvalue weighted by atomic mass is 9.83. The van der Waals surface area contributed by atoms with Crippen LogP contribution in [-0.4, -0.2) is 30.8 Å². The Kier molecular flexibility index (Phi) is 3.37. The van der Waals surface area contributed by atoms with Crippen LogP contribution < -0.4 is 4.90 Å². The van der Waals surface area contributed by atoms with Crippen LogP contribution in [0.3, 0.4) is 0 Å². The van der Waals surface area contributed by atoms with Crippen molar-refractivity contribution in [1.29, 1.82) is 0 Å². The van der Waals surface area contributed by atoms with Crippen LogP contribution in [0.4, 0.5) is 5.69 Å². The highest BCUT2D eigenvalue weighted by atomic mass is 16.5. The first-order valence-electron chi connectivity index (χ1n) is 8.08. The third-order valence-corrected chi connectivity index (χ3v) is 4.78. The number of carbonyl (C=O) groups excluding carboxylic acids is 2. The molecule has 5 nitrogen and oxygen atoms in total. The van der Waals surface area contributed by atoms with Gasteiger partial charge in [0.15, 0.2) is 5.58 Å². The van der Waals surface area contributed by atoms with E-state index in [1.165, 1.54) is 0 Å². The van der Waals surface area contributed by atoms with E-state index in [1.807, 2.05) is 38.4 Å². The maximum Gasteiger partial charge on any atom is 0.167 e. The largest absolute Gasteiger partial charge is 0.378 e. The van der Waals surface area contributed by atoms with Crippen molar-refractivity contribution in [3.63, 3.8) is 0 Å². The normalized spacial score (nSPS) is 18.5. The number of rotatable bonds is 2. The van der Waals surface area contributed by atoms with Crippen molar-refractivity contribution in [3.05, 3.63) is 36.0 Å². The van der Waals surface area contributed by atoms with Gasteiger partial charge in [0.1, 0.15) is 17.3 Å². The Balaban J connectivity index is 1.91. The third-order valence-electron chi connectivity index (χ3n) is 4.78. The first-order chi connectivity index (χ1) is 11.5. The minimum atomic E-state index is -0.344. The summed E-state index contributed by atoms with van der Waals surface area (Å²) in [6.07, 6.45) is 0.959. The van der Waals surface area contributed by atoms with E-state index in [0.29, 0.717) is 24.1 Å². The molecule has 1 aliphatic carbocycles. The lowest BCUT2D eigenvalue weighted by Crippen LogP contribution is -2.23.